The second-order valence-electron chi connectivity index (χ2n) is 2.26. The lowest BCUT2D eigenvalue weighted by Gasteiger charge is -1.99. The first-order valence-electron chi connectivity index (χ1n) is 3.55. The van der Waals surface area contributed by atoms with Crippen LogP contribution in [0.2, 0.25) is 0 Å². The molecule has 0 atom stereocenters. The maximum absolute atomic E-state index is 5.40. The van der Waals surface area contributed by atoms with Crippen LogP contribution in [-0.2, 0) is 0 Å². The van der Waals surface area contributed by atoms with Crippen LogP contribution in [-0.4, -0.2) is 9.36 Å². The molecule has 0 bridgehead atoms. The molecule has 0 radical (unpaired) electrons. The van der Waals surface area contributed by atoms with Crippen LogP contribution in [0.5, 0.6) is 10.9 Å². The Labute approximate surface area is 87.7 Å². The quantitative estimate of drug-likeness (QED) is 0.829. The molecule has 0 aliphatic rings. The van der Waals surface area contributed by atoms with Gasteiger partial charge in [0.25, 0.3) is 5.19 Å². The van der Waals surface area contributed by atoms with E-state index in [1.807, 2.05) is 24.3 Å². The number of ether oxygens (including phenoxy) is 1. The van der Waals surface area contributed by atoms with E-state index in [0.717, 1.165) is 10.2 Å². The molecule has 1 heterocycles. The molecule has 0 saturated carbocycles. The van der Waals surface area contributed by atoms with Crippen molar-refractivity contribution < 1.29 is 4.74 Å². The number of rotatable bonds is 2. The number of aromatic nitrogens is 2. The highest BCUT2D eigenvalue weighted by Crippen LogP contribution is 2.23. The van der Waals surface area contributed by atoms with Crippen LogP contribution >= 0.6 is 27.5 Å². The second kappa shape index (κ2) is 3.85. The average molecular weight is 257 g/mol. The Morgan fingerprint density at radius 2 is 2.00 bits per heavy atom. The first kappa shape index (κ1) is 8.65. The summed E-state index contributed by atoms with van der Waals surface area (Å²) < 4.78 is 10.3. The first-order chi connectivity index (χ1) is 6.34. The van der Waals surface area contributed by atoms with Crippen molar-refractivity contribution in [2.24, 2.45) is 0 Å². The van der Waals surface area contributed by atoms with E-state index < -0.39 is 0 Å². The third kappa shape index (κ3) is 2.26. The molecule has 0 unspecified atom stereocenters. The predicted octanol–water partition coefficient (Wildman–Crippen LogP) is 3.09. The van der Waals surface area contributed by atoms with Gasteiger partial charge in [0.15, 0.2) is 0 Å². The second-order valence-corrected chi connectivity index (χ2v) is 3.92. The number of hydrogen-bond acceptors (Lipinski definition) is 4. The normalized spacial score (nSPS) is 9.92. The van der Waals surface area contributed by atoms with E-state index in [9.17, 15) is 0 Å². The number of nitrogens with zero attached hydrogens (tertiary/aromatic N) is 2. The molecule has 0 amide bonds. The monoisotopic (exact) mass is 256 g/mol. The summed E-state index contributed by atoms with van der Waals surface area (Å²) >= 11 is 4.57. The summed E-state index contributed by atoms with van der Waals surface area (Å²) in [7, 11) is 0. The van der Waals surface area contributed by atoms with Gasteiger partial charge < -0.3 is 4.74 Å². The van der Waals surface area contributed by atoms with Crippen LogP contribution in [0, 0.1) is 0 Å². The van der Waals surface area contributed by atoms with Crippen molar-refractivity contribution in [3.8, 4) is 10.9 Å². The van der Waals surface area contributed by atoms with E-state index in [4.69, 9.17) is 4.74 Å². The molecule has 5 heteroatoms. The molecule has 0 aliphatic heterocycles. The van der Waals surface area contributed by atoms with Gasteiger partial charge in [0.2, 0.25) is 0 Å². The summed E-state index contributed by atoms with van der Waals surface area (Å²) in [5, 5.41) is 0.558. The van der Waals surface area contributed by atoms with Crippen molar-refractivity contribution in [1.29, 1.82) is 0 Å². The summed E-state index contributed by atoms with van der Waals surface area (Å²) in [6, 6.07) is 7.56. The predicted molar refractivity (Wildman–Crippen MR) is 54.1 cm³/mol. The number of halogens is 1. The summed E-state index contributed by atoms with van der Waals surface area (Å²) in [6.07, 6.45) is 1.47. The van der Waals surface area contributed by atoms with Gasteiger partial charge in [-0.1, -0.05) is 15.9 Å². The molecule has 0 N–H and O–H groups in total. The fraction of sp³-hybridized carbons (Fsp3) is 0. The summed E-state index contributed by atoms with van der Waals surface area (Å²) in [5.74, 6) is 0.764. The molecule has 0 saturated heterocycles. The summed E-state index contributed by atoms with van der Waals surface area (Å²) in [4.78, 5) is 3.91. The van der Waals surface area contributed by atoms with Crippen LogP contribution < -0.4 is 4.74 Å². The van der Waals surface area contributed by atoms with E-state index in [1.54, 1.807) is 0 Å². The summed E-state index contributed by atoms with van der Waals surface area (Å²) in [5.41, 5.74) is 0. The van der Waals surface area contributed by atoms with Crippen LogP contribution in [0.25, 0.3) is 0 Å². The lowest BCUT2D eigenvalue weighted by atomic mass is 10.3. The molecular formula is C8H5BrN2OS. The standard InChI is InChI=1S/C8H5BrN2OS/c9-6-1-3-7(4-2-6)12-8-10-5-11-13-8/h1-5H. The lowest BCUT2D eigenvalue weighted by Crippen LogP contribution is -1.81. The Kier molecular flexibility index (Phi) is 2.56. The zero-order valence-electron chi connectivity index (χ0n) is 6.48. The molecule has 3 nitrogen and oxygen atoms in total. The van der Waals surface area contributed by atoms with Crippen molar-refractivity contribution in [3.63, 3.8) is 0 Å². The topological polar surface area (TPSA) is 35.0 Å². The third-order valence-electron chi connectivity index (χ3n) is 1.36. The van der Waals surface area contributed by atoms with Crippen LogP contribution in [0.4, 0.5) is 0 Å². The van der Waals surface area contributed by atoms with Gasteiger partial charge in [-0.25, -0.2) is 0 Å². The van der Waals surface area contributed by atoms with E-state index in [2.05, 4.69) is 25.3 Å². The van der Waals surface area contributed by atoms with Crippen LogP contribution in [0.3, 0.4) is 0 Å². The van der Waals surface area contributed by atoms with Crippen molar-refractivity contribution in [1.82, 2.24) is 9.36 Å². The molecular weight excluding hydrogens is 252 g/mol. The van der Waals surface area contributed by atoms with Crippen molar-refractivity contribution in [2.45, 2.75) is 0 Å². The van der Waals surface area contributed by atoms with Gasteiger partial charge in [0.05, 0.1) is 0 Å². The van der Waals surface area contributed by atoms with Gasteiger partial charge in [0, 0.05) is 16.0 Å². The molecule has 1 aromatic carbocycles. The Hall–Kier alpha value is -0.940. The molecule has 0 aliphatic carbocycles. The highest BCUT2D eigenvalue weighted by Gasteiger charge is 1.98. The van der Waals surface area contributed by atoms with E-state index in [-0.39, 0.29) is 0 Å². The van der Waals surface area contributed by atoms with Crippen LogP contribution in [0.1, 0.15) is 0 Å². The highest BCUT2D eigenvalue weighted by molar-refractivity contribution is 9.10. The van der Waals surface area contributed by atoms with Crippen LogP contribution in [0.15, 0.2) is 35.1 Å². The van der Waals surface area contributed by atoms with Crippen molar-refractivity contribution in [3.05, 3.63) is 35.1 Å². The number of hydrogen-bond donors (Lipinski definition) is 0. The Morgan fingerprint density at radius 1 is 1.23 bits per heavy atom. The zero-order valence-corrected chi connectivity index (χ0v) is 8.88. The van der Waals surface area contributed by atoms with E-state index in [0.29, 0.717) is 5.19 Å². The van der Waals surface area contributed by atoms with Gasteiger partial charge in [0.1, 0.15) is 12.1 Å². The third-order valence-corrected chi connectivity index (χ3v) is 2.43. The van der Waals surface area contributed by atoms with Crippen molar-refractivity contribution in [2.75, 3.05) is 0 Å². The van der Waals surface area contributed by atoms with E-state index in [1.165, 1.54) is 17.9 Å². The maximum Gasteiger partial charge on any atom is 0.298 e. The average Bonchev–Trinajstić information content (AvgIpc) is 2.62. The smallest absolute Gasteiger partial charge is 0.298 e. The van der Waals surface area contributed by atoms with Gasteiger partial charge in [-0.2, -0.15) is 9.36 Å². The Balaban J connectivity index is 2.15. The summed E-state index contributed by atoms with van der Waals surface area (Å²) in [6.45, 7) is 0. The Bertz CT molecular complexity index is 374. The fourth-order valence-corrected chi connectivity index (χ4v) is 1.49. The molecule has 1 aromatic heterocycles. The maximum atomic E-state index is 5.40. The number of benzene rings is 1. The zero-order chi connectivity index (χ0) is 9.10. The first-order valence-corrected chi connectivity index (χ1v) is 5.11. The molecule has 66 valence electrons. The minimum Gasteiger partial charge on any atom is -0.430 e. The molecule has 13 heavy (non-hydrogen) atoms. The SMILES string of the molecule is Brc1ccc(Oc2ncns2)cc1. The lowest BCUT2D eigenvalue weighted by molar-refractivity contribution is 0.479. The van der Waals surface area contributed by atoms with Crippen molar-refractivity contribution >= 4 is 27.5 Å². The molecule has 2 rings (SSSR count). The Morgan fingerprint density at radius 3 is 2.62 bits per heavy atom. The molecule has 0 fully saturated rings. The van der Waals surface area contributed by atoms with Gasteiger partial charge in [-0.15, -0.1) is 0 Å². The minimum atomic E-state index is 0.558. The largest absolute Gasteiger partial charge is 0.430 e. The van der Waals surface area contributed by atoms with Gasteiger partial charge in [-0.05, 0) is 24.3 Å². The van der Waals surface area contributed by atoms with E-state index >= 15 is 0 Å². The molecule has 0 spiro atoms. The minimum absolute atomic E-state index is 0.558. The highest BCUT2D eigenvalue weighted by atomic mass is 79.9. The van der Waals surface area contributed by atoms with Gasteiger partial charge in [-0.3, -0.25) is 0 Å². The molecule has 2 aromatic rings. The fourth-order valence-electron chi connectivity index (χ4n) is 0.811. The van der Waals surface area contributed by atoms with Gasteiger partial charge >= 0.3 is 0 Å².